The molecule has 2 atom stereocenters. The first kappa shape index (κ1) is 32.9. The van der Waals surface area contributed by atoms with E-state index in [1.165, 1.54) is 33.4 Å². The molecule has 0 aliphatic carbocycles. The average molecular weight is 579 g/mol. The van der Waals surface area contributed by atoms with Crippen molar-refractivity contribution in [2.75, 3.05) is 26.4 Å². The normalized spacial score (nSPS) is 19.1. The summed E-state index contributed by atoms with van der Waals surface area (Å²) in [6.45, 7) is 30.7. The number of hydrogen-bond acceptors (Lipinski definition) is 4. The molecule has 0 radical (unpaired) electrons. The molecule has 234 valence electrons. The van der Waals surface area contributed by atoms with Gasteiger partial charge in [0.25, 0.3) is 0 Å². The highest BCUT2D eigenvalue weighted by Crippen LogP contribution is 2.49. The summed E-state index contributed by atoms with van der Waals surface area (Å²) in [4.78, 5) is 0. The second-order valence-corrected chi connectivity index (χ2v) is 15.3. The van der Waals surface area contributed by atoms with E-state index in [-0.39, 0.29) is 33.9 Å². The van der Waals surface area contributed by atoms with Gasteiger partial charge in [-0.05, 0) is 82.7 Å². The van der Waals surface area contributed by atoms with Crippen molar-refractivity contribution in [2.24, 2.45) is 0 Å². The van der Waals surface area contributed by atoms with Gasteiger partial charge in [0.2, 0.25) is 0 Å². The summed E-state index contributed by atoms with van der Waals surface area (Å²) < 4.78 is 24.4. The summed E-state index contributed by atoms with van der Waals surface area (Å²) >= 11 is 0. The number of rotatable bonds is 15. The molecular weight excluding hydrogens is 520 g/mol. The van der Waals surface area contributed by atoms with Crippen LogP contribution in [0.3, 0.4) is 0 Å². The van der Waals surface area contributed by atoms with Gasteiger partial charge in [-0.2, -0.15) is 0 Å². The van der Waals surface area contributed by atoms with Crippen LogP contribution in [0, 0.1) is 0 Å². The highest BCUT2D eigenvalue weighted by Gasteiger charge is 2.35. The number of ether oxygens (including phenoxy) is 4. The van der Waals surface area contributed by atoms with Gasteiger partial charge in [-0.15, -0.1) is 0 Å². The maximum atomic E-state index is 6.67. The van der Waals surface area contributed by atoms with E-state index >= 15 is 0 Å². The van der Waals surface area contributed by atoms with Gasteiger partial charge in [0.05, 0.1) is 13.2 Å². The third-order valence-corrected chi connectivity index (χ3v) is 10.6. The van der Waals surface area contributed by atoms with E-state index < -0.39 is 0 Å². The predicted molar refractivity (Wildman–Crippen MR) is 176 cm³/mol. The Morgan fingerprint density at radius 2 is 0.762 bits per heavy atom. The molecule has 4 heteroatoms. The van der Waals surface area contributed by atoms with Crippen LogP contribution < -0.4 is 9.47 Å². The minimum Gasteiger partial charge on any atom is -0.490 e. The molecule has 2 unspecified atom stereocenters. The fourth-order valence-corrected chi connectivity index (χ4v) is 5.36. The molecule has 0 bridgehead atoms. The van der Waals surface area contributed by atoms with Crippen LogP contribution in [0.15, 0.2) is 24.3 Å². The summed E-state index contributed by atoms with van der Waals surface area (Å²) in [6.07, 6.45) is 4.53. The third-order valence-electron chi connectivity index (χ3n) is 10.6. The monoisotopic (exact) mass is 578 g/mol. The standard InChI is InChI=1S/C38H58O4/c1-13-35(5,6)29-17-25(18-30(36(7,8)14-2)33(29)41-23-27-21-39-27)26-19-31(37(9,10)15-3)34(42-24-28-22-40-28)32(20-26)38(11,12)16-4/h17-20,27-28H,13-16,21-24H2,1-12H3. The maximum Gasteiger partial charge on any atom is 0.126 e. The Balaban J connectivity index is 2.02. The lowest BCUT2D eigenvalue weighted by molar-refractivity contribution is 0.250. The smallest absolute Gasteiger partial charge is 0.126 e. The van der Waals surface area contributed by atoms with Crippen molar-refractivity contribution in [3.05, 3.63) is 46.5 Å². The lowest BCUT2D eigenvalue weighted by Gasteiger charge is -2.35. The molecule has 0 amide bonds. The zero-order chi connectivity index (χ0) is 31.1. The summed E-state index contributed by atoms with van der Waals surface area (Å²) in [5.74, 6) is 2.11. The van der Waals surface area contributed by atoms with Crippen LogP contribution in [-0.4, -0.2) is 38.6 Å². The van der Waals surface area contributed by atoms with Crippen molar-refractivity contribution in [3.8, 4) is 22.6 Å². The second kappa shape index (κ2) is 12.2. The molecule has 0 N–H and O–H groups in total. The quantitative estimate of drug-likeness (QED) is 0.197. The zero-order valence-electron chi connectivity index (χ0n) is 28.8. The SMILES string of the molecule is CCC(C)(C)c1cc(-c2cc(C(C)(C)CC)c(OCC3CO3)c(C(C)(C)CC)c2)cc(C(C)(C)CC)c1OCC1CO1. The molecule has 2 heterocycles. The first-order chi connectivity index (χ1) is 19.6. The van der Waals surface area contributed by atoms with Crippen molar-refractivity contribution in [1.82, 2.24) is 0 Å². The van der Waals surface area contributed by atoms with Crippen LogP contribution in [0.2, 0.25) is 0 Å². The van der Waals surface area contributed by atoms with Gasteiger partial charge in [0.15, 0.2) is 0 Å². The van der Waals surface area contributed by atoms with Gasteiger partial charge in [0, 0.05) is 22.3 Å². The lowest BCUT2D eigenvalue weighted by atomic mass is 9.72. The summed E-state index contributed by atoms with van der Waals surface area (Å²) in [5, 5.41) is 0. The highest BCUT2D eigenvalue weighted by atomic mass is 16.6. The summed E-state index contributed by atoms with van der Waals surface area (Å²) in [7, 11) is 0. The molecule has 0 aromatic heterocycles. The van der Waals surface area contributed by atoms with Crippen molar-refractivity contribution in [3.63, 3.8) is 0 Å². The summed E-state index contributed by atoms with van der Waals surface area (Å²) in [6, 6.07) is 9.67. The van der Waals surface area contributed by atoms with Crippen LogP contribution in [0.4, 0.5) is 0 Å². The van der Waals surface area contributed by atoms with Crippen molar-refractivity contribution >= 4 is 0 Å². The predicted octanol–water partition coefficient (Wildman–Crippen LogP) is 9.66. The molecule has 2 aliphatic heterocycles. The van der Waals surface area contributed by atoms with E-state index in [1.807, 2.05) is 0 Å². The molecule has 2 fully saturated rings. The van der Waals surface area contributed by atoms with E-state index in [1.54, 1.807) is 0 Å². The molecule has 4 rings (SSSR count). The number of epoxide rings is 2. The Morgan fingerprint density at radius 3 is 0.952 bits per heavy atom. The van der Waals surface area contributed by atoms with Crippen LogP contribution in [-0.2, 0) is 31.1 Å². The van der Waals surface area contributed by atoms with Crippen LogP contribution in [0.5, 0.6) is 11.5 Å². The van der Waals surface area contributed by atoms with Crippen molar-refractivity contribution in [2.45, 2.75) is 143 Å². The summed E-state index contributed by atoms with van der Waals surface area (Å²) in [5.41, 5.74) is 7.51. The molecule has 2 aromatic carbocycles. The molecule has 2 aromatic rings. The van der Waals surface area contributed by atoms with Gasteiger partial charge in [-0.25, -0.2) is 0 Å². The average Bonchev–Trinajstić information content (AvgIpc) is 3.90. The van der Waals surface area contributed by atoms with Crippen molar-refractivity contribution < 1.29 is 18.9 Å². The molecule has 4 nitrogen and oxygen atoms in total. The van der Waals surface area contributed by atoms with E-state index in [9.17, 15) is 0 Å². The second-order valence-electron chi connectivity index (χ2n) is 15.3. The van der Waals surface area contributed by atoms with Gasteiger partial charge in [0.1, 0.15) is 36.9 Å². The first-order valence-electron chi connectivity index (χ1n) is 16.5. The molecule has 42 heavy (non-hydrogen) atoms. The molecule has 2 saturated heterocycles. The molecule has 2 aliphatic rings. The molecule has 0 spiro atoms. The van der Waals surface area contributed by atoms with Crippen molar-refractivity contribution in [1.29, 1.82) is 0 Å². The number of benzene rings is 2. The Morgan fingerprint density at radius 1 is 0.524 bits per heavy atom. The van der Waals surface area contributed by atoms with E-state index in [4.69, 9.17) is 18.9 Å². The highest BCUT2D eigenvalue weighted by molar-refractivity contribution is 5.73. The molecular formula is C38H58O4. The van der Waals surface area contributed by atoms with Gasteiger partial charge in [-0.1, -0.05) is 83.1 Å². The van der Waals surface area contributed by atoms with E-state index in [0.717, 1.165) is 50.4 Å². The third kappa shape index (κ3) is 7.02. The maximum absolute atomic E-state index is 6.67. The fourth-order valence-electron chi connectivity index (χ4n) is 5.36. The fraction of sp³-hybridized carbons (Fsp3) is 0.684. The zero-order valence-corrected chi connectivity index (χ0v) is 28.8. The topological polar surface area (TPSA) is 43.5 Å². The minimum absolute atomic E-state index is 0.0430. The Labute approximate surface area is 256 Å². The van der Waals surface area contributed by atoms with Gasteiger partial charge in [-0.3, -0.25) is 0 Å². The minimum atomic E-state index is -0.0430. The largest absolute Gasteiger partial charge is 0.490 e. The van der Waals surface area contributed by atoms with Gasteiger partial charge < -0.3 is 18.9 Å². The van der Waals surface area contributed by atoms with Crippen LogP contribution >= 0.6 is 0 Å². The van der Waals surface area contributed by atoms with E-state index in [2.05, 4.69) is 107 Å². The van der Waals surface area contributed by atoms with Gasteiger partial charge >= 0.3 is 0 Å². The first-order valence-corrected chi connectivity index (χ1v) is 16.5. The van der Waals surface area contributed by atoms with Crippen LogP contribution in [0.25, 0.3) is 11.1 Å². The van der Waals surface area contributed by atoms with E-state index in [0.29, 0.717) is 13.2 Å². The Bertz CT molecular complexity index is 1070. The number of hydrogen-bond donors (Lipinski definition) is 0. The molecule has 0 saturated carbocycles. The lowest BCUT2D eigenvalue weighted by Crippen LogP contribution is -2.25. The Hall–Kier alpha value is -2.04. The van der Waals surface area contributed by atoms with Crippen LogP contribution in [0.1, 0.15) is 131 Å². The Kier molecular flexibility index (Phi) is 9.51.